The first-order valence-electron chi connectivity index (χ1n) is 13.4. The summed E-state index contributed by atoms with van der Waals surface area (Å²) < 4.78 is 12.5. The van der Waals surface area contributed by atoms with E-state index in [4.69, 9.17) is 9.26 Å². The van der Waals surface area contributed by atoms with Gasteiger partial charge in [0.25, 0.3) is 0 Å². The Hall–Kier alpha value is -3.52. The Morgan fingerprint density at radius 3 is 2.70 bits per heavy atom. The number of benzene rings is 1. The number of carboxylic acids is 1. The molecule has 2 bridgehead atoms. The van der Waals surface area contributed by atoms with E-state index in [1.54, 1.807) is 6.20 Å². The molecule has 0 amide bonds. The van der Waals surface area contributed by atoms with Crippen molar-refractivity contribution in [3.8, 4) is 11.3 Å². The number of fused-ring (bicyclic) bond motifs is 3. The van der Waals surface area contributed by atoms with Crippen molar-refractivity contribution in [1.82, 2.24) is 20.3 Å². The van der Waals surface area contributed by atoms with Gasteiger partial charge in [0.2, 0.25) is 0 Å². The molecule has 2 N–H and O–H groups in total. The van der Waals surface area contributed by atoms with E-state index in [2.05, 4.69) is 58.7 Å². The van der Waals surface area contributed by atoms with Crippen molar-refractivity contribution in [2.45, 2.75) is 82.3 Å². The van der Waals surface area contributed by atoms with Crippen LogP contribution < -0.4 is 5.32 Å². The van der Waals surface area contributed by atoms with Crippen molar-refractivity contribution in [3.05, 3.63) is 77.1 Å². The lowest BCUT2D eigenvalue weighted by Gasteiger charge is -2.42. The maximum Gasteiger partial charge on any atom is 0.353 e. The number of rotatable bonds is 7. The summed E-state index contributed by atoms with van der Waals surface area (Å²) in [6.45, 7) is 2.66. The number of nitrogens with zero attached hydrogens (tertiary/aromatic N) is 3. The maximum atomic E-state index is 11.4. The van der Waals surface area contributed by atoms with Crippen LogP contribution in [0, 0.1) is 6.92 Å². The summed E-state index contributed by atoms with van der Waals surface area (Å²) >= 11 is 0. The van der Waals surface area contributed by atoms with Crippen LogP contribution in [0.25, 0.3) is 11.3 Å². The molecule has 5 heterocycles. The first kappa shape index (κ1) is 22.7. The summed E-state index contributed by atoms with van der Waals surface area (Å²) in [5.41, 5.74) is 5.78. The SMILES string of the molecule is Cc1ccccc1-c1noc(C2CC2)c1COC1CC2CC[C@@H](C1)N2C1=CC2NC(C(=O)O)=CN2C=C1. The number of ether oxygens (including phenoxy) is 1. The van der Waals surface area contributed by atoms with E-state index in [9.17, 15) is 9.90 Å². The molecule has 1 aliphatic carbocycles. The standard InChI is InChI=1S/C29H32N4O4/c1-17-4-2-3-5-23(17)27-24(28(37-31-27)18-6-7-18)16-36-22-12-19-8-9-20(13-22)33(19)21-10-11-32-15-25(29(34)35)30-26(32)14-21/h2-5,10-11,14-15,18-20,22,26,30H,6-9,12-13,16H2,1H3,(H,34,35)/t19-,20?,22?,26?/m0/s1. The monoisotopic (exact) mass is 500 g/mol. The summed E-state index contributed by atoms with van der Waals surface area (Å²) in [5.74, 6) is 0.560. The van der Waals surface area contributed by atoms with Crippen LogP contribution in [-0.2, 0) is 16.1 Å². The molecule has 0 radical (unpaired) electrons. The van der Waals surface area contributed by atoms with Crippen LogP contribution in [0.1, 0.15) is 61.3 Å². The van der Waals surface area contributed by atoms with Crippen molar-refractivity contribution in [3.63, 3.8) is 0 Å². The quantitative estimate of drug-likeness (QED) is 0.570. The Kier molecular flexibility index (Phi) is 5.39. The van der Waals surface area contributed by atoms with Gasteiger partial charge in [0.15, 0.2) is 0 Å². The third kappa shape index (κ3) is 4.03. The Bertz CT molecular complexity index is 1310. The highest BCUT2D eigenvalue weighted by molar-refractivity contribution is 5.86. The Balaban J connectivity index is 1.05. The third-order valence-corrected chi connectivity index (χ3v) is 8.50. The van der Waals surface area contributed by atoms with E-state index < -0.39 is 5.97 Å². The molecule has 4 atom stereocenters. The normalized spacial score (nSPS) is 28.1. The zero-order chi connectivity index (χ0) is 25.1. The number of carbonyl (C=O) groups is 1. The molecule has 4 aliphatic heterocycles. The molecule has 1 aromatic carbocycles. The molecule has 8 heteroatoms. The predicted octanol–water partition coefficient (Wildman–Crippen LogP) is 4.61. The minimum Gasteiger partial charge on any atom is -0.477 e. The highest BCUT2D eigenvalue weighted by atomic mass is 16.5. The zero-order valence-electron chi connectivity index (χ0n) is 21.0. The Morgan fingerprint density at radius 2 is 1.97 bits per heavy atom. The van der Waals surface area contributed by atoms with Crippen molar-refractivity contribution < 1.29 is 19.2 Å². The highest BCUT2D eigenvalue weighted by Crippen LogP contribution is 2.45. The number of aliphatic carboxylic acids is 1. The van der Waals surface area contributed by atoms with Crippen LogP contribution in [-0.4, -0.2) is 50.4 Å². The molecule has 3 fully saturated rings. The topological polar surface area (TPSA) is 91.1 Å². The second-order valence-electron chi connectivity index (χ2n) is 11.0. The van der Waals surface area contributed by atoms with Gasteiger partial charge >= 0.3 is 5.97 Å². The number of aromatic nitrogens is 1. The molecule has 7 rings (SSSR count). The van der Waals surface area contributed by atoms with Crippen LogP contribution in [0.5, 0.6) is 0 Å². The van der Waals surface area contributed by atoms with Crippen molar-refractivity contribution >= 4 is 5.97 Å². The van der Waals surface area contributed by atoms with Gasteiger partial charge in [-0.3, -0.25) is 0 Å². The van der Waals surface area contributed by atoms with Crippen LogP contribution in [0.4, 0.5) is 0 Å². The van der Waals surface area contributed by atoms with Crippen LogP contribution in [0.2, 0.25) is 0 Å². The van der Waals surface area contributed by atoms with E-state index in [1.165, 1.54) is 11.3 Å². The summed E-state index contributed by atoms with van der Waals surface area (Å²) in [5, 5.41) is 16.9. The number of allylic oxidation sites excluding steroid dienone is 1. The first-order chi connectivity index (χ1) is 18.0. The van der Waals surface area contributed by atoms with Crippen LogP contribution in [0.15, 0.2) is 64.7 Å². The fraction of sp³-hybridized carbons (Fsp3) is 0.448. The molecule has 37 heavy (non-hydrogen) atoms. The van der Waals surface area contributed by atoms with Crippen molar-refractivity contribution in [1.29, 1.82) is 0 Å². The minimum absolute atomic E-state index is 0.145. The number of carboxylic acid groups (broad SMARTS) is 1. The lowest BCUT2D eigenvalue weighted by atomic mass is 9.97. The molecule has 0 spiro atoms. The van der Waals surface area contributed by atoms with Gasteiger partial charge in [-0.1, -0.05) is 29.4 Å². The number of nitrogens with one attached hydrogen (secondary N) is 1. The van der Waals surface area contributed by atoms with Gasteiger partial charge in [0.1, 0.15) is 23.3 Å². The Morgan fingerprint density at radius 1 is 1.19 bits per heavy atom. The smallest absolute Gasteiger partial charge is 0.353 e. The third-order valence-electron chi connectivity index (χ3n) is 8.50. The van der Waals surface area contributed by atoms with Crippen LogP contribution in [0.3, 0.4) is 0 Å². The lowest BCUT2D eigenvalue weighted by Crippen LogP contribution is -2.46. The molecule has 3 unspecified atom stereocenters. The van der Waals surface area contributed by atoms with Gasteiger partial charge in [0, 0.05) is 47.2 Å². The number of hydrogen-bond acceptors (Lipinski definition) is 7. The molecule has 2 saturated heterocycles. The van der Waals surface area contributed by atoms with Gasteiger partial charge < -0.3 is 29.5 Å². The van der Waals surface area contributed by atoms with Gasteiger partial charge in [-0.25, -0.2) is 4.79 Å². The molecule has 5 aliphatic rings. The number of hydrogen-bond donors (Lipinski definition) is 2. The second kappa shape index (κ2) is 8.80. The summed E-state index contributed by atoms with van der Waals surface area (Å²) in [6, 6.07) is 9.21. The molecular formula is C29H32N4O4. The minimum atomic E-state index is -0.931. The summed E-state index contributed by atoms with van der Waals surface area (Å²) in [4.78, 5) is 15.8. The van der Waals surface area contributed by atoms with Crippen molar-refractivity contribution in [2.24, 2.45) is 0 Å². The fourth-order valence-electron chi connectivity index (χ4n) is 6.50. The average Bonchev–Trinajstić information content (AvgIpc) is 3.40. The Labute approximate surface area is 216 Å². The van der Waals surface area contributed by atoms with Crippen LogP contribution >= 0.6 is 0 Å². The maximum absolute atomic E-state index is 11.4. The van der Waals surface area contributed by atoms with E-state index >= 15 is 0 Å². The molecule has 8 nitrogen and oxygen atoms in total. The number of piperidine rings is 1. The fourth-order valence-corrected chi connectivity index (χ4v) is 6.50. The number of aryl methyl sites for hydroxylation is 1. The molecule has 192 valence electrons. The molecule has 1 aromatic heterocycles. The largest absolute Gasteiger partial charge is 0.477 e. The molecule has 1 saturated carbocycles. The van der Waals surface area contributed by atoms with E-state index in [0.29, 0.717) is 24.6 Å². The van der Waals surface area contributed by atoms with E-state index in [-0.39, 0.29) is 18.0 Å². The predicted molar refractivity (Wildman–Crippen MR) is 137 cm³/mol. The van der Waals surface area contributed by atoms with Gasteiger partial charge in [-0.05, 0) is 63.2 Å². The average molecular weight is 501 g/mol. The van der Waals surface area contributed by atoms with Gasteiger partial charge in [0.05, 0.1) is 12.7 Å². The van der Waals surface area contributed by atoms with Gasteiger partial charge in [-0.15, -0.1) is 0 Å². The van der Waals surface area contributed by atoms with E-state index in [0.717, 1.165) is 61.1 Å². The van der Waals surface area contributed by atoms with E-state index in [1.807, 2.05) is 11.1 Å². The second-order valence-corrected chi connectivity index (χ2v) is 11.0. The molecule has 2 aromatic rings. The lowest BCUT2D eigenvalue weighted by molar-refractivity contribution is -0.133. The first-order valence-corrected chi connectivity index (χ1v) is 13.4. The zero-order valence-corrected chi connectivity index (χ0v) is 21.0. The molecular weight excluding hydrogens is 468 g/mol. The van der Waals surface area contributed by atoms with Gasteiger partial charge in [-0.2, -0.15) is 0 Å². The summed E-state index contributed by atoms with van der Waals surface area (Å²) in [7, 11) is 0. The summed E-state index contributed by atoms with van der Waals surface area (Å²) in [6.07, 6.45) is 14.6. The highest BCUT2D eigenvalue weighted by Gasteiger charge is 2.43. The van der Waals surface area contributed by atoms with Crippen molar-refractivity contribution in [2.75, 3.05) is 0 Å².